The first-order chi connectivity index (χ1) is 9.61. The Morgan fingerprint density at radius 2 is 2.30 bits per heavy atom. The quantitative estimate of drug-likeness (QED) is 0.911. The van der Waals surface area contributed by atoms with Gasteiger partial charge in [-0.05, 0) is 12.5 Å². The summed E-state index contributed by atoms with van der Waals surface area (Å²) >= 11 is 0. The highest BCUT2D eigenvalue weighted by atomic mass is 19.1. The van der Waals surface area contributed by atoms with E-state index >= 15 is 0 Å². The molecular formula is C14H17FN4O. The van der Waals surface area contributed by atoms with Crippen molar-refractivity contribution in [3.8, 4) is 0 Å². The number of aromatic nitrogens is 3. The molecule has 1 unspecified atom stereocenters. The van der Waals surface area contributed by atoms with Crippen LogP contribution in [0.15, 0.2) is 30.9 Å². The summed E-state index contributed by atoms with van der Waals surface area (Å²) in [5, 5.41) is 2.88. The molecule has 0 saturated carbocycles. The lowest BCUT2D eigenvalue weighted by Gasteiger charge is -2.17. The molecule has 1 N–H and O–H groups in total. The Morgan fingerprint density at radius 1 is 1.50 bits per heavy atom. The second kappa shape index (κ2) is 6.27. The molecule has 0 saturated heterocycles. The molecule has 106 valence electrons. The van der Waals surface area contributed by atoms with Crippen LogP contribution in [0.2, 0.25) is 0 Å². The molecule has 6 heteroatoms. The van der Waals surface area contributed by atoms with Crippen LogP contribution < -0.4 is 5.32 Å². The first-order valence-corrected chi connectivity index (χ1v) is 6.50. The van der Waals surface area contributed by atoms with Crippen LogP contribution in [0, 0.1) is 5.82 Å². The van der Waals surface area contributed by atoms with Crippen molar-refractivity contribution in [2.45, 2.75) is 25.8 Å². The van der Waals surface area contributed by atoms with Gasteiger partial charge in [0.15, 0.2) is 0 Å². The van der Waals surface area contributed by atoms with Crippen molar-refractivity contribution in [2.24, 2.45) is 7.05 Å². The average Bonchev–Trinajstić information content (AvgIpc) is 2.84. The van der Waals surface area contributed by atoms with E-state index in [4.69, 9.17) is 0 Å². The average molecular weight is 276 g/mol. The topological polar surface area (TPSA) is 59.8 Å². The molecule has 0 spiro atoms. The minimum absolute atomic E-state index is 0.198. The van der Waals surface area contributed by atoms with E-state index in [0.29, 0.717) is 0 Å². The van der Waals surface area contributed by atoms with E-state index in [9.17, 15) is 9.18 Å². The fourth-order valence-corrected chi connectivity index (χ4v) is 2.05. The third-order valence-electron chi connectivity index (χ3n) is 3.02. The minimum Gasteiger partial charge on any atom is -0.342 e. The van der Waals surface area contributed by atoms with Gasteiger partial charge in [0.25, 0.3) is 5.91 Å². The summed E-state index contributed by atoms with van der Waals surface area (Å²) in [7, 11) is 1.88. The van der Waals surface area contributed by atoms with Crippen molar-refractivity contribution in [3.63, 3.8) is 0 Å². The predicted octanol–water partition coefficient (Wildman–Crippen LogP) is 2.23. The van der Waals surface area contributed by atoms with Gasteiger partial charge in [-0.3, -0.25) is 9.78 Å². The zero-order chi connectivity index (χ0) is 14.5. The number of carbonyl (C=O) groups excluding carboxylic acids is 1. The number of nitrogens with zero attached hydrogens (tertiary/aromatic N) is 3. The highest BCUT2D eigenvalue weighted by Crippen LogP contribution is 2.17. The Morgan fingerprint density at radius 3 is 2.90 bits per heavy atom. The van der Waals surface area contributed by atoms with Gasteiger partial charge in [-0.1, -0.05) is 13.3 Å². The Balaban J connectivity index is 2.16. The molecule has 2 aromatic rings. The van der Waals surface area contributed by atoms with Crippen LogP contribution in [0.1, 0.15) is 42.0 Å². The van der Waals surface area contributed by atoms with Crippen LogP contribution in [0.5, 0.6) is 0 Å². The molecule has 2 heterocycles. The molecule has 0 aliphatic carbocycles. The van der Waals surface area contributed by atoms with Gasteiger partial charge >= 0.3 is 0 Å². The lowest BCUT2D eigenvalue weighted by molar-refractivity contribution is 0.0931. The van der Waals surface area contributed by atoms with Crippen LogP contribution in [-0.2, 0) is 7.05 Å². The molecule has 0 aliphatic heterocycles. The molecule has 1 atom stereocenters. The number of imidazole rings is 1. The monoisotopic (exact) mass is 276 g/mol. The number of aryl methyl sites for hydroxylation is 1. The number of amides is 1. The number of pyridine rings is 1. The SMILES string of the molecule is CCCC(NC(=O)c1cncc(F)c1)c1nccn1C. The van der Waals surface area contributed by atoms with Gasteiger partial charge in [0.1, 0.15) is 11.6 Å². The highest BCUT2D eigenvalue weighted by Gasteiger charge is 2.18. The van der Waals surface area contributed by atoms with Crippen LogP contribution in [0.25, 0.3) is 0 Å². The van der Waals surface area contributed by atoms with Gasteiger partial charge in [0, 0.05) is 25.6 Å². The maximum absolute atomic E-state index is 13.1. The molecule has 20 heavy (non-hydrogen) atoms. The van der Waals surface area contributed by atoms with Crippen molar-refractivity contribution < 1.29 is 9.18 Å². The van der Waals surface area contributed by atoms with Crippen LogP contribution in [-0.4, -0.2) is 20.4 Å². The number of hydrogen-bond acceptors (Lipinski definition) is 3. The summed E-state index contributed by atoms with van der Waals surface area (Å²) in [4.78, 5) is 20.1. The second-order valence-corrected chi connectivity index (χ2v) is 4.60. The van der Waals surface area contributed by atoms with Crippen molar-refractivity contribution in [1.29, 1.82) is 0 Å². The van der Waals surface area contributed by atoms with E-state index in [-0.39, 0.29) is 17.5 Å². The molecule has 2 aromatic heterocycles. The van der Waals surface area contributed by atoms with Gasteiger partial charge in [0.05, 0.1) is 17.8 Å². The zero-order valence-corrected chi connectivity index (χ0v) is 11.5. The van der Waals surface area contributed by atoms with Gasteiger partial charge in [-0.15, -0.1) is 0 Å². The Kier molecular flexibility index (Phi) is 4.45. The number of carbonyl (C=O) groups is 1. The normalized spacial score (nSPS) is 12.2. The molecule has 0 aromatic carbocycles. The Hall–Kier alpha value is -2.24. The molecule has 0 radical (unpaired) electrons. The van der Waals surface area contributed by atoms with Crippen molar-refractivity contribution in [3.05, 3.63) is 48.1 Å². The summed E-state index contributed by atoms with van der Waals surface area (Å²) in [6.45, 7) is 2.03. The molecule has 0 fully saturated rings. The Bertz CT molecular complexity index is 596. The number of halogens is 1. The van der Waals surface area contributed by atoms with Crippen LogP contribution >= 0.6 is 0 Å². The van der Waals surface area contributed by atoms with Gasteiger partial charge in [-0.25, -0.2) is 9.37 Å². The predicted molar refractivity (Wildman–Crippen MR) is 72.5 cm³/mol. The third-order valence-corrected chi connectivity index (χ3v) is 3.02. The fraction of sp³-hybridized carbons (Fsp3) is 0.357. The molecule has 1 amide bonds. The van der Waals surface area contributed by atoms with E-state index in [2.05, 4.69) is 15.3 Å². The third kappa shape index (κ3) is 3.20. The van der Waals surface area contributed by atoms with Crippen molar-refractivity contribution in [1.82, 2.24) is 19.9 Å². The first kappa shape index (κ1) is 14.2. The lowest BCUT2D eigenvalue weighted by Crippen LogP contribution is -2.30. The molecule has 2 rings (SSSR count). The fourth-order valence-electron chi connectivity index (χ4n) is 2.05. The summed E-state index contributed by atoms with van der Waals surface area (Å²) < 4.78 is 15.0. The smallest absolute Gasteiger partial charge is 0.253 e. The van der Waals surface area contributed by atoms with E-state index in [0.717, 1.165) is 24.9 Å². The van der Waals surface area contributed by atoms with Gasteiger partial charge in [0.2, 0.25) is 0 Å². The highest BCUT2D eigenvalue weighted by molar-refractivity contribution is 5.94. The largest absolute Gasteiger partial charge is 0.342 e. The minimum atomic E-state index is -0.526. The van der Waals surface area contributed by atoms with Gasteiger partial charge < -0.3 is 9.88 Å². The van der Waals surface area contributed by atoms with E-state index in [1.165, 1.54) is 12.3 Å². The second-order valence-electron chi connectivity index (χ2n) is 4.60. The molecule has 0 bridgehead atoms. The maximum atomic E-state index is 13.1. The number of hydrogen-bond donors (Lipinski definition) is 1. The van der Waals surface area contributed by atoms with E-state index in [1.54, 1.807) is 6.20 Å². The van der Waals surface area contributed by atoms with Crippen LogP contribution in [0.4, 0.5) is 4.39 Å². The van der Waals surface area contributed by atoms with Crippen molar-refractivity contribution in [2.75, 3.05) is 0 Å². The summed E-state index contributed by atoms with van der Waals surface area (Å²) in [5.74, 6) is -0.0929. The summed E-state index contributed by atoms with van der Waals surface area (Å²) in [6.07, 6.45) is 7.60. The number of rotatable bonds is 5. The van der Waals surface area contributed by atoms with Gasteiger partial charge in [-0.2, -0.15) is 0 Å². The molecule has 5 nitrogen and oxygen atoms in total. The maximum Gasteiger partial charge on any atom is 0.253 e. The summed E-state index contributed by atoms with van der Waals surface area (Å²) in [6, 6.07) is 0.972. The lowest BCUT2D eigenvalue weighted by atomic mass is 10.1. The van der Waals surface area contributed by atoms with Crippen LogP contribution in [0.3, 0.4) is 0 Å². The molecule has 0 aliphatic rings. The number of nitrogens with one attached hydrogen (secondary N) is 1. The van der Waals surface area contributed by atoms with E-state index in [1.807, 2.05) is 24.7 Å². The zero-order valence-electron chi connectivity index (χ0n) is 11.5. The Labute approximate surface area is 116 Å². The summed E-state index contributed by atoms with van der Waals surface area (Å²) in [5.41, 5.74) is 0.209. The van der Waals surface area contributed by atoms with E-state index < -0.39 is 5.82 Å². The first-order valence-electron chi connectivity index (χ1n) is 6.50. The van der Waals surface area contributed by atoms with Crippen molar-refractivity contribution >= 4 is 5.91 Å². The molecular weight excluding hydrogens is 259 g/mol. The standard InChI is InChI=1S/C14H17FN4O/c1-3-4-12(13-17-5-6-19(13)2)18-14(20)10-7-11(15)9-16-8-10/h5-9,12H,3-4H2,1-2H3,(H,18,20).